The van der Waals surface area contributed by atoms with Gasteiger partial charge in [0.15, 0.2) is 0 Å². The van der Waals surface area contributed by atoms with Crippen molar-refractivity contribution in [2.75, 3.05) is 13.2 Å². The van der Waals surface area contributed by atoms with E-state index in [1.54, 1.807) is 13.8 Å². The summed E-state index contributed by atoms with van der Waals surface area (Å²) in [6.07, 6.45) is -0.181. The van der Waals surface area contributed by atoms with Gasteiger partial charge in [-0.05, 0) is 42.5 Å². The number of hydrogen-bond acceptors (Lipinski definition) is 3. The number of carbonyl (C=O) groups is 2. The van der Waals surface area contributed by atoms with Crippen LogP contribution in [0.25, 0.3) is 11.1 Å². The maximum absolute atomic E-state index is 12.0. The molecular formula is C21H23NO4. The van der Waals surface area contributed by atoms with Gasteiger partial charge >= 0.3 is 12.1 Å². The normalized spacial score (nSPS) is 13.0. The van der Waals surface area contributed by atoms with E-state index in [2.05, 4.69) is 29.6 Å². The Morgan fingerprint density at radius 1 is 1.04 bits per heavy atom. The smallest absolute Gasteiger partial charge is 0.407 e. The predicted octanol–water partition coefficient (Wildman–Crippen LogP) is 4.03. The van der Waals surface area contributed by atoms with Crippen molar-refractivity contribution < 1.29 is 19.4 Å². The van der Waals surface area contributed by atoms with Crippen molar-refractivity contribution in [3.63, 3.8) is 0 Å². The van der Waals surface area contributed by atoms with Crippen molar-refractivity contribution in [1.82, 2.24) is 5.32 Å². The lowest BCUT2D eigenvalue weighted by atomic mass is 9.90. The third kappa shape index (κ3) is 3.57. The van der Waals surface area contributed by atoms with E-state index >= 15 is 0 Å². The molecule has 0 bridgehead atoms. The van der Waals surface area contributed by atoms with E-state index in [-0.39, 0.29) is 19.1 Å². The van der Waals surface area contributed by atoms with Gasteiger partial charge in [0.05, 0.1) is 5.41 Å². The van der Waals surface area contributed by atoms with Gasteiger partial charge in [-0.25, -0.2) is 4.79 Å². The SMILES string of the molecule is CC(C)(CCNC(=O)OCC1c2ccccc2-c2ccccc21)C(=O)O. The number of carboxylic acid groups (broad SMARTS) is 1. The van der Waals surface area contributed by atoms with Crippen LogP contribution in [0.5, 0.6) is 0 Å². The van der Waals surface area contributed by atoms with Crippen LogP contribution in [0.3, 0.4) is 0 Å². The molecule has 3 rings (SSSR count). The second-order valence-electron chi connectivity index (χ2n) is 7.19. The molecule has 0 aliphatic heterocycles. The molecule has 26 heavy (non-hydrogen) atoms. The molecule has 0 saturated heterocycles. The molecule has 136 valence electrons. The number of benzene rings is 2. The van der Waals surface area contributed by atoms with Gasteiger partial charge in [0.25, 0.3) is 0 Å². The third-order valence-corrected chi connectivity index (χ3v) is 4.94. The Balaban J connectivity index is 1.60. The lowest BCUT2D eigenvalue weighted by Gasteiger charge is -2.19. The van der Waals surface area contributed by atoms with Crippen LogP contribution in [0.1, 0.15) is 37.3 Å². The average molecular weight is 353 g/mol. The number of hydrogen-bond donors (Lipinski definition) is 2. The van der Waals surface area contributed by atoms with E-state index in [1.807, 2.05) is 24.3 Å². The first-order valence-electron chi connectivity index (χ1n) is 8.72. The van der Waals surface area contributed by atoms with Crippen LogP contribution in [0, 0.1) is 5.41 Å². The summed E-state index contributed by atoms with van der Waals surface area (Å²) in [7, 11) is 0. The number of rotatable bonds is 6. The minimum absolute atomic E-state index is 0.0172. The van der Waals surface area contributed by atoms with Crippen molar-refractivity contribution in [2.45, 2.75) is 26.2 Å². The lowest BCUT2D eigenvalue weighted by molar-refractivity contribution is -0.147. The van der Waals surface area contributed by atoms with E-state index < -0.39 is 17.5 Å². The number of aliphatic carboxylic acids is 1. The average Bonchev–Trinajstić information content (AvgIpc) is 2.94. The highest BCUT2D eigenvalue weighted by Gasteiger charge is 2.29. The molecule has 0 saturated carbocycles. The van der Waals surface area contributed by atoms with Gasteiger partial charge in [-0.2, -0.15) is 0 Å². The fourth-order valence-electron chi connectivity index (χ4n) is 3.23. The number of carbonyl (C=O) groups excluding carboxylic acids is 1. The summed E-state index contributed by atoms with van der Waals surface area (Å²) in [4.78, 5) is 23.1. The summed E-state index contributed by atoms with van der Waals surface area (Å²) >= 11 is 0. The topological polar surface area (TPSA) is 75.6 Å². The zero-order valence-electron chi connectivity index (χ0n) is 15.0. The van der Waals surface area contributed by atoms with Gasteiger partial charge < -0.3 is 15.2 Å². The van der Waals surface area contributed by atoms with Gasteiger partial charge in [-0.3, -0.25) is 4.79 Å². The maximum Gasteiger partial charge on any atom is 0.407 e. The first-order chi connectivity index (χ1) is 12.4. The molecule has 1 amide bonds. The van der Waals surface area contributed by atoms with E-state index in [1.165, 1.54) is 11.1 Å². The lowest BCUT2D eigenvalue weighted by Crippen LogP contribution is -2.32. The van der Waals surface area contributed by atoms with E-state index in [0.29, 0.717) is 6.42 Å². The Morgan fingerprint density at radius 2 is 1.58 bits per heavy atom. The molecule has 5 heteroatoms. The molecule has 2 aromatic rings. The molecule has 2 N–H and O–H groups in total. The van der Waals surface area contributed by atoms with Gasteiger partial charge in [-0.15, -0.1) is 0 Å². The van der Waals surface area contributed by atoms with Crippen LogP contribution in [0.2, 0.25) is 0 Å². The molecule has 1 aliphatic rings. The van der Waals surface area contributed by atoms with Crippen molar-refractivity contribution in [2.24, 2.45) is 5.41 Å². The third-order valence-electron chi connectivity index (χ3n) is 4.94. The summed E-state index contributed by atoms with van der Waals surface area (Å²) in [6, 6.07) is 16.3. The van der Waals surface area contributed by atoms with Crippen molar-refractivity contribution in [1.29, 1.82) is 0 Å². The quantitative estimate of drug-likeness (QED) is 0.822. The number of ether oxygens (including phenoxy) is 1. The minimum atomic E-state index is -0.883. The van der Waals surface area contributed by atoms with Crippen LogP contribution >= 0.6 is 0 Å². The van der Waals surface area contributed by atoms with Gasteiger partial charge in [0, 0.05) is 12.5 Å². The monoisotopic (exact) mass is 353 g/mol. The first kappa shape index (κ1) is 18.0. The zero-order valence-corrected chi connectivity index (χ0v) is 15.0. The highest BCUT2D eigenvalue weighted by molar-refractivity contribution is 5.79. The number of amides is 1. The predicted molar refractivity (Wildman–Crippen MR) is 99.1 cm³/mol. The fraction of sp³-hybridized carbons (Fsp3) is 0.333. The number of carboxylic acids is 1. The number of fused-ring (bicyclic) bond motifs is 3. The molecule has 0 radical (unpaired) electrons. The Labute approximate surface area is 153 Å². The molecule has 5 nitrogen and oxygen atoms in total. The van der Waals surface area contributed by atoms with E-state index in [0.717, 1.165) is 11.1 Å². The summed E-state index contributed by atoms with van der Waals surface area (Å²) in [6.45, 7) is 3.78. The Morgan fingerprint density at radius 3 is 2.12 bits per heavy atom. The minimum Gasteiger partial charge on any atom is -0.481 e. The summed E-state index contributed by atoms with van der Waals surface area (Å²) in [5, 5.41) is 11.7. The van der Waals surface area contributed by atoms with Crippen LogP contribution in [-0.4, -0.2) is 30.3 Å². The Kier molecular flexibility index (Phi) is 4.98. The van der Waals surface area contributed by atoms with Crippen LogP contribution in [0.15, 0.2) is 48.5 Å². The molecular weight excluding hydrogens is 330 g/mol. The zero-order chi connectivity index (χ0) is 18.7. The fourth-order valence-corrected chi connectivity index (χ4v) is 3.23. The molecule has 0 fully saturated rings. The standard InChI is InChI=1S/C21H23NO4/c1-21(2,19(23)24)11-12-22-20(25)26-13-18-16-9-5-3-7-14(16)15-8-4-6-10-17(15)18/h3-10,18H,11-13H2,1-2H3,(H,22,25)(H,23,24). The van der Waals surface area contributed by atoms with Crippen molar-refractivity contribution >= 4 is 12.1 Å². The van der Waals surface area contributed by atoms with Gasteiger partial charge in [0.1, 0.15) is 6.61 Å². The molecule has 0 spiro atoms. The Bertz CT molecular complexity index is 783. The van der Waals surface area contributed by atoms with Crippen molar-refractivity contribution in [3.05, 3.63) is 59.7 Å². The molecule has 0 aromatic heterocycles. The van der Waals surface area contributed by atoms with Gasteiger partial charge in [-0.1, -0.05) is 48.5 Å². The highest BCUT2D eigenvalue weighted by Crippen LogP contribution is 2.44. The highest BCUT2D eigenvalue weighted by atomic mass is 16.5. The van der Waals surface area contributed by atoms with Gasteiger partial charge in [0.2, 0.25) is 0 Å². The second-order valence-corrected chi connectivity index (χ2v) is 7.19. The van der Waals surface area contributed by atoms with Crippen molar-refractivity contribution in [3.8, 4) is 11.1 Å². The van der Waals surface area contributed by atoms with Crippen LogP contribution in [0.4, 0.5) is 4.79 Å². The molecule has 1 aliphatic carbocycles. The summed E-state index contributed by atoms with van der Waals surface area (Å²) in [5.74, 6) is -0.865. The molecule has 0 atom stereocenters. The van der Waals surface area contributed by atoms with E-state index in [4.69, 9.17) is 9.84 Å². The molecule has 0 unspecified atom stereocenters. The number of alkyl carbamates (subject to hydrolysis) is 1. The maximum atomic E-state index is 12.0. The van der Waals surface area contributed by atoms with E-state index in [9.17, 15) is 9.59 Å². The van der Waals surface area contributed by atoms with Crippen LogP contribution in [-0.2, 0) is 9.53 Å². The summed E-state index contributed by atoms with van der Waals surface area (Å²) < 4.78 is 5.42. The summed E-state index contributed by atoms with van der Waals surface area (Å²) in [5.41, 5.74) is 3.80. The first-order valence-corrected chi connectivity index (χ1v) is 8.72. The largest absolute Gasteiger partial charge is 0.481 e. The van der Waals surface area contributed by atoms with Crippen LogP contribution < -0.4 is 5.32 Å². The second kappa shape index (κ2) is 7.20. The number of nitrogens with one attached hydrogen (secondary N) is 1. The Hall–Kier alpha value is -2.82. The molecule has 2 aromatic carbocycles. The molecule has 0 heterocycles.